The van der Waals surface area contributed by atoms with Gasteiger partial charge in [0.2, 0.25) is 11.7 Å². The van der Waals surface area contributed by atoms with Crippen LogP contribution in [0.5, 0.6) is 0 Å². The van der Waals surface area contributed by atoms with Crippen molar-refractivity contribution < 1.29 is 17.7 Å². The Morgan fingerprint density at radius 3 is 2.54 bits per heavy atom. The summed E-state index contributed by atoms with van der Waals surface area (Å²) < 4.78 is 46.2. The van der Waals surface area contributed by atoms with Gasteiger partial charge >= 0.3 is 6.18 Å². The van der Waals surface area contributed by atoms with Crippen molar-refractivity contribution in [3.05, 3.63) is 17.7 Å². The molecule has 0 saturated heterocycles. The second-order valence-corrected chi connectivity index (χ2v) is 7.69. The fourth-order valence-electron chi connectivity index (χ4n) is 4.31. The Balaban J connectivity index is 1.46. The van der Waals surface area contributed by atoms with Crippen LogP contribution in [0.2, 0.25) is 0 Å². The number of nitrogens with one attached hydrogen (secondary N) is 1. The van der Waals surface area contributed by atoms with E-state index in [0.29, 0.717) is 11.6 Å². The Labute approximate surface area is 136 Å². The lowest BCUT2D eigenvalue weighted by molar-refractivity contribution is -0.261. The number of alkyl halides is 3. The molecule has 3 aliphatic carbocycles. The summed E-state index contributed by atoms with van der Waals surface area (Å²) in [5, 5.41) is 10.8. The second-order valence-electron chi connectivity index (χ2n) is 7.69. The van der Waals surface area contributed by atoms with E-state index in [4.69, 9.17) is 4.52 Å². The molecule has 0 aliphatic heterocycles. The molecule has 0 radical (unpaired) electrons. The average Bonchev–Trinajstić information content (AvgIpc) is 2.96. The molecule has 3 saturated carbocycles. The molecule has 1 spiro atoms. The van der Waals surface area contributed by atoms with Crippen molar-refractivity contribution in [2.75, 3.05) is 0 Å². The first kappa shape index (κ1) is 14.5. The van der Waals surface area contributed by atoms with Gasteiger partial charge in [0.05, 0.1) is 0 Å². The topological polar surface area (TPSA) is 67.6 Å². The van der Waals surface area contributed by atoms with Gasteiger partial charge in [-0.1, -0.05) is 11.6 Å². The summed E-state index contributed by atoms with van der Waals surface area (Å²) in [6.07, 6.45) is 0.739. The molecule has 2 aromatic heterocycles. The van der Waals surface area contributed by atoms with Crippen LogP contribution < -0.4 is 0 Å². The Morgan fingerprint density at radius 2 is 1.96 bits per heavy atom. The van der Waals surface area contributed by atoms with Gasteiger partial charge in [-0.05, 0) is 50.0 Å². The van der Waals surface area contributed by atoms with Crippen molar-refractivity contribution in [2.45, 2.75) is 62.5 Å². The molecule has 3 fully saturated rings. The molecule has 2 heterocycles. The summed E-state index contributed by atoms with van der Waals surface area (Å²) in [6, 6.07) is 1.81. The summed E-state index contributed by atoms with van der Waals surface area (Å²) in [4.78, 5) is 4.08. The number of aromatic nitrogens is 4. The molecule has 5 rings (SSSR count). The fraction of sp³-hybridized carbons (Fsp3) is 0.688. The van der Waals surface area contributed by atoms with Crippen LogP contribution in [0.25, 0.3) is 11.5 Å². The summed E-state index contributed by atoms with van der Waals surface area (Å²) in [6.45, 7) is 0. The number of hydrogen-bond acceptors (Lipinski definition) is 4. The zero-order valence-electron chi connectivity index (χ0n) is 13.0. The van der Waals surface area contributed by atoms with Crippen molar-refractivity contribution in [3.8, 4) is 11.5 Å². The van der Waals surface area contributed by atoms with Gasteiger partial charge in [-0.2, -0.15) is 23.3 Å². The van der Waals surface area contributed by atoms with Crippen LogP contribution in [0.15, 0.2) is 10.6 Å². The van der Waals surface area contributed by atoms with Crippen molar-refractivity contribution in [2.24, 2.45) is 5.41 Å². The van der Waals surface area contributed by atoms with Crippen LogP contribution in [0.3, 0.4) is 0 Å². The van der Waals surface area contributed by atoms with Crippen molar-refractivity contribution in [1.29, 1.82) is 0 Å². The number of halogens is 3. The predicted molar refractivity (Wildman–Crippen MR) is 77.1 cm³/mol. The van der Waals surface area contributed by atoms with E-state index in [1.54, 1.807) is 6.07 Å². The second kappa shape index (κ2) is 4.40. The number of H-pyrrole nitrogens is 1. The first-order valence-electron chi connectivity index (χ1n) is 8.38. The summed E-state index contributed by atoms with van der Waals surface area (Å²) in [5.41, 5.74) is -0.704. The van der Waals surface area contributed by atoms with E-state index < -0.39 is 11.6 Å². The molecule has 2 aromatic rings. The van der Waals surface area contributed by atoms with Crippen LogP contribution in [0.4, 0.5) is 13.2 Å². The average molecular weight is 338 g/mol. The van der Waals surface area contributed by atoms with Gasteiger partial charge in [0.15, 0.2) is 0 Å². The molecule has 3 aliphatic rings. The molecule has 0 amide bonds. The quantitative estimate of drug-likeness (QED) is 0.915. The normalized spacial score (nSPS) is 24.6. The van der Waals surface area contributed by atoms with Gasteiger partial charge in [-0.3, -0.25) is 5.10 Å². The SMILES string of the molecule is FC(F)(F)C1(c2nc(-c3cc(C4CC4)[nH]n3)no2)CC2(CCC2)C1. The highest BCUT2D eigenvalue weighted by Crippen LogP contribution is 2.69. The molecule has 24 heavy (non-hydrogen) atoms. The van der Waals surface area contributed by atoms with E-state index in [9.17, 15) is 13.2 Å². The van der Waals surface area contributed by atoms with Crippen LogP contribution in [-0.4, -0.2) is 26.5 Å². The van der Waals surface area contributed by atoms with Gasteiger partial charge < -0.3 is 4.52 Å². The van der Waals surface area contributed by atoms with E-state index >= 15 is 0 Å². The lowest BCUT2D eigenvalue weighted by Gasteiger charge is -2.59. The first-order valence-corrected chi connectivity index (χ1v) is 8.38. The van der Waals surface area contributed by atoms with Crippen molar-refractivity contribution >= 4 is 0 Å². The minimum Gasteiger partial charge on any atom is -0.338 e. The molecule has 1 N–H and O–H groups in total. The standard InChI is InChI=1S/C16H17F3N4O/c17-16(18,19)15(7-14(8-15)4-1-5-14)13-20-12(23-24-13)11-6-10(21-22-11)9-2-3-9/h6,9H,1-5,7-8H2,(H,21,22). The molecule has 0 aromatic carbocycles. The Kier molecular flexibility index (Phi) is 2.66. The van der Waals surface area contributed by atoms with Crippen LogP contribution >= 0.6 is 0 Å². The highest BCUT2D eigenvalue weighted by atomic mass is 19.4. The minimum atomic E-state index is -4.37. The van der Waals surface area contributed by atoms with Crippen LogP contribution in [0, 0.1) is 5.41 Å². The molecule has 5 nitrogen and oxygen atoms in total. The zero-order valence-corrected chi connectivity index (χ0v) is 13.0. The maximum atomic E-state index is 13.7. The molecular weight excluding hydrogens is 321 g/mol. The number of rotatable bonds is 3. The molecule has 0 bridgehead atoms. The lowest BCUT2D eigenvalue weighted by atomic mass is 9.45. The maximum Gasteiger partial charge on any atom is 0.403 e. The highest BCUT2D eigenvalue weighted by molar-refractivity contribution is 5.49. The summed E-state index contributed by atoms with van der Waals surface area (Å²) in [7, 11) is 0. The van der Waals surface area contributed by atoms with Crippen molar-refractivity contribution in [3.63, 3.8) is 0 Å². The lowest BCUT2D eigenvalue weighted by Crippen LogP contribution is -2.60. The Morgan fingerprint density at radius 1 is 1.21 bits per heavy atom. The highest BCUT2D eigenvalue weighted by Gasteiger charge is 2.72. The van der Waals surface area contributed by atoms with E-state index in [0.717, 1.165) is 37.8 Å². The maximum absolute atomic E-state index is 13.7. The summed E-state index contributed by atoms with van der Waals surface area (Å²) >= 11 is 0. The molecular formula is C16H17F3N4O. The monoisotopic (exact) mass is 338 g/mol. The van der Waals surface area contributed by atoms with Crippen LogP contribution in [-0.2, 0) is 5.41 Å². The van der Waals surface area contributed by atoms with E-state index in [2.05, 4.69) is 20.3 Å². The first-order chi connectivity index (χ1) is 11.4. The molecule has 128 valence electrons. The molecule has 0 atom stereocenters. The Bertz CT molecular complexity index is 777. The van der Waals surface area contributed by atoms with Crippen LogP contribution in [0.1, 0.15) is 62.4 Å². The fourth-order valence-corrected chi connectivity index (χ4v) is 4.31. The zero-order chi connectivity index (χ0) is 16.6. The van der Waals surface area contributed by atoms with Gasteiger partial charge in [0, 0.05) is 11.6 Å². The van der Waals surface area contributed by atoms with Crippen molar-refractivity contribution in [1.82, 2.24) is 20.3 Å². The molecule has 8 heteroatoms. The minimum absolute atomic E-state index is 0.0685. The third kappa shape index (κ3) is 1.91. The smallest absolute Gasteiger partial charge is 0.338 e. The van der Waals surface area contributed by atoms with E-state index in [1.807, 2.05) is 0 Å². The van der Waals surface area contributed by atoms with Gasteiger partial charge in [-0.15, -0.1) is 0 Å². The number of aromatic amines is 1. The van der Waals surface area contributed by atoms with Gasteiger partial charge in [-0.25, -0.2) is 0 Å². The predicted octanol–water partition coefficient (Wildman–Crippen LogP) is 4.10. The van der Waals surface area contributed by atoms with Gasteiger partial charge in [0.1, 0.15) is 11.1 Å². The van der Waals surface area contributed by atoms with E-state index in [-0.39, 0.29) is 30.0 Å². The largest absolute Gasteiger partial charge is 0.403 e. The molecule has 0 unspecified atom stereocenters. The van der Waals surface area contributed by atoms with E-state index in [1.165, 1.54) is 0 Å². The number of nitrogens with zero attached hydrogens (tertiary/aromatic N) is 3. The number of hydrogen-bond donors (Lipinski definition) is 1. The van der Waals surface area contributed by atoms with Gasteiger partial charge in [0.25, 0.3) is 0 Å². The Hall–Kier alpha value is -1.86. The third-order valence-electron chi connectivity index (χ3n) is 5.99. The third-order valence-corrected chi connectivity index (χ3v) is 5.99. The summed E-state index contributed by atoms with van der Waals surface area (Å²) in [5.74, 6) is 0.300.